The summed E-state index contributed by atoms with van der Waals surface area (Å²) in [6.07, 6.45) is 1.60. The van der Waals surface area contributed by atoms with Crippen molar-refractivity contribution >= 4 is 11.9 Å². The predicted octanol–water partition coefficient (Wildman–Crippen LogP) is 4.97. The zero-order valence-electron chi connectivity index (χ0n) is 25.8. The minimum atomic E-state index is -0.903. The molecular formula is C36H44N2O7. The van der Waals surface area contributed by atoms with Gasteiger partial charge in [0.15, 0.2) is 6.29 Å². The molecule has 2 aliphatic heterocycles. The Morgan fingerprint density at radius 3 is 2.38 bits per heavy atom. The van der Waals surface area contributed by atoms with E-state index in [1.165, 1.54) is 0 Å². The van der Waals surface area contributed by atoms with E-state index in [2.05, 4.69) is 17.1 Å². The molecule has 240 valence electrons. The predicted molar refractivity (Wildman–Crippen MR) is 170 cm³/mol. The summed E-state index contributed by atoms with van der Waals surface area (Å²) in [5.41, 5.74) is 5.74. The second-order valence-electron chi connectivity index (χ2n) is 12.1. The van der Waals surface area contributed by atoms with Crippen molar-refractivity contribution in [1.82, 2.24) is 10.2 Å². The van der Waals surface area contributed by atoms with Crippen LogP contribution in [0, 0.1) is 5.92 Å². The summed E-state index contributed by atoms with van der Waals surface area (Å²) < 4.78 is 13.3. The van der Waals surface area contributed by atoms with Crippen LogP contribution in [0.1, 0.15) is 73.7 Å². The minimum absolute atomic E-state index is 0.0120. The maximum absolute atomic E-state index is 12.3. The van der Waals surface area contributed by atoms with E-state index in [-0.39, 0.29) is 56.1 Å². The lowest BCUT2D eigenvalue weighted by Gasteiger charge is -2.43. The van der Waals surface area contributed by atoms with Gasteiger partial charge in [0.2, 0.25) is 5.91 Å². The number of carboxylic acid groups (broad SMARTS) is 1. The van der Waals surface area contributed by atoms with E-state index in [4.69, 9.17) is 14.6 Å². The number of ether oxygens (including phenoxy) is 2. The molecule has 0 bridgehead atoms. The van der Waals surface area contributed by atoms with Crippen molar-refractivity contribution in [3.63, 3.8) is 0 Å². The van der Waals surface area contributed by atoms with Crippen LogP contribution in [0.15, 0.2) is 72.8 Å². The summed E-state index contributed by atoms with van der Waals surface area (Å²) in [6, 6.07) is 24.1. The van der Waals surface area contributed by atoms with Gasteiger partial charge in [0, 0.05) is 43.5 Å². The molecule has 2 saturated heterocycles. The maximum Gasteiger partial charge on any atom is 0.303 e. The van der Waals surface area contributed by atoms with Gasteiger partial charge in [0.25, 0.3) is 0 Å². The zero-order chi connectivity index (χ0) is 31.8. The van der Waals surface area contributed by atoms with E-state index in [9.17, 15) is 19.8 Å². The Bertz CT molecular complexity index is 1410. The van der Waals surface area contributed by atoms with E-state index in [1.54, 1.807) is 0 Å². The summed E-state index contributed by atoms with van der Waals surface area (Å²) in [6.45, 7) is 4.29. The van der Waals surface area contributed by atoms with Gasteiger partial charge >= 0.3 is 5.97 Å². The van der Waals surface area contributed by atoms with Crippen LogP contribution in [0.5, 0.6) is 0 Å². The van der Waals surface area contributed by atoms with Crippen molar-refractivity contribution in [3.05, 3.63) is 95.1 Å². The standard InChI is InChI=1S/C36H44N2O7/c1-24-32(21-38-19-5-7-30(38)23-40)44-36(45-35(24)27-13-11-25(22-39)12-14-27)28-17-15-26(16-18-28)31-8-3-2-6-29(31)20-37-33(41)9-4-10-34(42)43/h2-3,6,8,11-18,24,30,32,35-36,39-40H,4-5,7,9-10,19-23H2,1H3,(H,37,41)(H,42,43). The number of aliphatic carboxylic acids is 1. The fourth-order valence-corrected chi connectivity index (χ4v) is 6.36. The number of hydrogen-bond donors (Lipinski definition) is 4. The fourth-order valence-electron chi connectivity index (χ4n) is 6.36. The highest BCUT2D eigenvalue weighted by molar-refractivity contribution is 5.77. The molecule has 3 aromatic rings. The maximum atomic E-state index is 12.3. The topological polar surface area (TPSA) is 129 Å². The second-order valence-corrected chi connectivity index (χ2v) is 12.1. The molecule has 0 spiro atoms. The molecule has 5 rings (SSSR count). The number of carboxylic acids is 1. The molecule has 0 aromatic heterocycles. The van der Waals surface area contributed by atoms with Crippen LogP contribution in [0.4, 0.5) is 0 Å². The summed E-state index contributed by atoms with van der Waals surface area (Å²) in [4.78, 5) is 25.3. The molecule has 0 radical (unpaired) electrons. The molecule has 9 nitrogen and oxygen atoms in total. The van der Waals surface area contributed by atoms with Gasteiger partial charge in [0.1, 0.15) is 0 Å². The van der Waals surface area contributed by atoms with E-state index < -0.39 is 12.3 Å². The lowest BCUT2D eigenvalue weighted by atomic mass is 9.89. The lowest BCUT2D eigenvalue weighted by Crippen LogP contribution is -2.46. The molecular weight excluding hydrogens is 572 g/mol. The average Bonchev–Trinajstić information content (AvgIpc) is 3.52. The Hall–Kier alpha value is -3.60. The number of rotatable bonds is 13. The smallest absolute Gasteiger partial charge is 0.303 e. The molecule has 3 aromatic carbocycles. The summed E-state index contributed by atoms with van der Waals surface area (Å²) in [5.74, 6) is -1.01. The van der Waals surface area contributed by atoms with E-state index in [1.807, 2.05) is 72.8 Å². The largest absolute Gasteiger partial charge is 0.481 e. The molecule has 4 N–H and O–H groups in total. The van der Waals surface area contributed by atoms with Crippen LogP contribution >= 0.6 is 0 Å². The molecule has 1 amide bonds. The Balaban J connectivity index is 1.33. The first-order chi connectivity index (χ1) is 21.9. The molecule has 45 heavy (non-hydrogen) atoms. The fraction of sp³-hybridized carbons (Fsp3) is 0.444. The van der Waals surface area contributed by atoms with Crippen LogP contribution in [-0.2, 0) is 32.2 Å². The number of nitrogens with one attached hydrogen (secondary N) is 1. The summed E-state index contributed by atoms with van der Waals surface area (Å²) >= 11 is 0. The van der Waals surface area contributed by atoms with Gasteiger partial charge in [-0.25, -0.2) is 0 Å². The van der Waals surface area contributed by atoms with Gasteiger partial charge in [-0.05, 0) is 53.6 Å². The number of aliphatic hydroxyl groups is 2. The minimum Gasteiger partial charge on any atom is -0.481 e. The van der Waals surface area contributed by atoms with Gasteiger partial charge in [-0.1, -0.05) is 79.7 Å². The van der Waals surface area contributed by atoms with Crippen LogP contribution in [0.25, 0.3) is 11.1 Å². The molecule has 5 atom stereocenters. The van der Waals surface area contributed by atoms with Crippen LogP contribution in [0.2, 0.25) is 0 Å². The molecule has 2 aliphatic rings. The highest BCUT2D eigenvalue weighted by Crippen LogP contribution is 2.42. The molecule has 0 aliphatic carbocycles. The molecule has 2 heterocycles. The quantitative estimate of drug-likeness (QED) is 0.212. The van der Waals surface area contributed by atoms with Gasteiger partial charge in [-0.3, -0.25) is 14.5 Å². The Morgan fingerprint density at radius 1 is 0.933 bits per heavy atom. The van der Waals surface area contributed by atoms with Crippen LogP contribution < -0.4 is 5.32 Å². The van der Waals surface area contributed by atoms with Gasteiger partial charge in [-0.2, -0.15) is 0 Å². The van der Waals surface area contributed by atoms with Crippen LogP contribution in [0.3, 0.4) is 0 Å². The van der Waals surface area contributed by atoms with Crippen molar-refractivity contribution in [1.29, 1.82) is 0 Å². The molecule has 2 fully saturated rings. The monoisotopic (exact) mass is 616 g/mol. The first-order valence-electron chi connectivity index (χ1n) is 15.9. The van der Waals surface area contributed by atoms with Crippen molar-refractivity contribution in [3.8, 4) is 11.1 Å². The number of likely N-dealkylation sites (tertiary alicyclic amines) is 1. The number of nitrogens with zero attached hydrogens (tertiary/aromatic N) is 1. The van der Waals surface area contributed by atoms with Crippen molar-refractivity contribution in [2.45, 2.75) is 76.7 Å². The Kier molecular flexibility index (Phi) is 11.4. The third-order valence-corrected chi connectivity index (χ3v) is 9.03. The van der Waals surface area contributed by atoms with E-state index >= 15 is 0 Å². The second kappa shape index (κ2) is 15.6. The number of carbonyl (C=O) groups is 2. The number of aliphatic hydroxyl groups excluding tert-OH is 2. The van der Waals surface area contributed by atoms with Crippen molar-refractivity contribution in [2.75, 3.05) is 19.7 Å². The normalized spacial score (nSPS) is 23.6. The molecule has 5 unspecified atom stereocenters. The third-order valence-electron chi connectivity index (χ3n) is 9.03. The SMILES string of the molecule is CC1C(CN2CCCC2CO)OC(c2ccc(-c3ccccc3CNC(=O)CCCC(=O)O)cc2)OC1c1ccc(CO)cc1. The first kappa shape index (κ1) is 32.8. The average molecular weight is 617 g/mol. The van der Waals surface area contributed by atoms with E-state index in [0.717, 1.165) is 52.8 Å². The third kappa shape index (κ3) is 8.36. The lowest BCUT2D eigenvalue weighted by molar-refractivity contribution is -0.276. The number of carbonyl (C=O) groups excluding carboxylic acids is 1. The summed E-state index contributed by atoms with van der Waals surface area (Å²) in [5, 5.41) is 31.2. The van der Waals surface area contributed by atoms with Crippen molar-refractivity contribution in [2.24, 2.45) is 5.92 Å². The Morgan fingerprint density at radius 2 is 1.67 bits per heavy atom. The molecule has 0 saturated carbocycles. The number of benzene rings is 3. The summed E-state index contributed by atoms with van der Waals surface area (Å²) in [7, 11) is 0. The number of hydrogen-bond acceptors (Lipinski definition) is 7. The highest BCUT2D eigenvalue weighted by Gasteiger charge is 2.40. The molecule has 9 heteroatoms. The van der Waals surface area contributed by atoms with Crippen molar-refractivity contribution < 1.29 is 34.4 Å². The van der Waals surface area contributed by atoms with Crippen LogP contribution in [-0.4, -0.2) is 63.9 Å². The van der Waals surface area contributed by atoms with Gasteiger partial charge < -0.3 is 30.1 Å². The first-order valence-corrected chi connectivity index (χ1v) is 15.9. The van der Waals surface area contributed by atoms with Gasteiger partial charge in [0.05, 0.1) is 25.4 Å². The zero-order valence-corrected chi connectivity index (χ0v) is 25.8. The Labute approximate surface area is 264 Å². The highest BCUT2D eigenvalue weighted by atomic mass is 16.7. The number of amides is 1. The van der Waals surface area contributed by atoms with Gasteiger partial charge in [-0.15, -0.1) is 0 Å². The van der Waals surface area contributed by atoms with E-state index in [0.29, 0.717) is 19.5 Å².